The smallest absolute Gasteiger partial charge is 0.276 e. The molecule has 3 aromatic rings. The summed E-state index contributed by atoms with van der Waals surface area (Å²) < 4.78 is 11.6. The molecule has 10 heteroatoms. The van der Waals surface area contributed by atoms with Crippen molar-refractivity contribution in [1.29, 1.82) is 0 Å². The van der Waals surface area contributed by atoms with Gasteiger partial charge < -0.3 is 19.7 Å². The average molecular weight is 386 g/mol. The second-order valence-corrected chi connectivity index (χ2v) is 6.45. The van der Waals surface area contributed by atoms with Gasteiger partial charge >= 0.3 is 0 Å². The summed E-state index contributed by atoms with van der Waals surface area (Å²) in [6, 6.07) is 0.966. The normalized spacial score (nSPS) is 12.0. The molecular weight excluding hydrogens is 364 g/mol. The molecule has 10 nitrogen and oxygen atoms in total. The summed E-state index contributed by atoms with van der Waals surface area (Å²) in [6.07, 6.45) is 2.09. The van der Waals surface area contributed by atoms with Gasteiger partial charge in [-0.1, -0.05) is 17.2 Å². The first-order chi connectivity index (χ1) is 13.3. The van der Waals surface area contributed by atoms with Crippen LogP contribution in [0.1, 0.15) is 52.8 Å². The van der Waals surface area contributed by atoms with Gasteiger partial charge in [-0.3, -0.25) is 14.3 Å². The molecule has 0 aliphatic heterocycles. The highest BCUT2D eigenvalue weighted by Crippen LogP contribution is 2.22. The fourth-order valence-electron chi connectivity index (χ4n) is 2.83. The van der Waals surface area contributed by atoms with Crippen LogP contribution in [-0.4, -0.2) is 31.9 Å². The summed E-state index contributed by atoms with van der Waals surface area (Å²) in [5, 5.41) is 17.5. The van der Waals surface area contributed by atoms with Crippen molar-refractivity contribution < 1.29 is 18.6 Å². The number of nitrogens with one attached hydrogen (secondary N) is 2. The Morgan fingerprint density at radius 2 is 1.61 bits per heavy atom. The van der Waals surface area contributed by atoms with Crippen molar-refractivity contribution in [3.8, 4) is 0 Å². The SMILES string of the molecule is CCC(C(=O)Nc1c(C)noc1C)n1ccc(C(=O)Nc2c(C)noc2C)n1. The molecule has 0 saturated heterocycles. The van der Waals surface area contributed by atoms with Crippen molar-refractivity contribution in [3.05, 3.63) is 40.9 Å². The standard InChI is InChI=1S/C18H22N6O4/c1-6-14(18(26)20-16-10(3)23-28-12(16)5)24-8-7-13(21-24)17(25)19-15-9(2)22-27-11(15)4/h7-8,14H,6H2,1-5H3,(H,19,25)(H,20,26). The van der Waals surface area contributed by atoms with Crippen LogP contribution in [0.4, 0.5) is 11.4 Å². The number of anilines is 2. The van der Waals surface area contributed by atoms with Gasteiger partial charge in [-0.2, -0.15) is 5.10 Å². The van der Waals surface area contributed by atoms with Crippen LogP contribution in [0.5, 0.6) is 0 Å². The highest BCUT2D eigenvalue weighted by Gasteiger charge is 2.24. The number of aromatic nitrogens is 4. The lowest BCUT2D eigenvalue weighted by Gasteiger charge is -2.15. The molecule has 0 spiro atoms. The van der Waals surface area contributed by atoms with E-state index in [2.05, 4.69) is 26.0 Å². The van der Waals surface area contributed by atoms with Gasteiger partial charge in [0.25, 0.3) is 5.91 Å². The summed E-state index contributed by atoms with van der Waals surface area (Å²) in [7, 11) is 0. The number of hydrogen-bond acceptors (Lipinski definition) is 7. The van der Waals surface area contributed by atoms with Crippen LogP contribution in [-0.2, 0) is 4.79 Å². The second-order valence-electron chi connectivity index (χ2n) is 6.45. The summed E-state index contributed by atoms with van der Waals surface area (Å²) in [5.74, 6) is 0.364. The molecular formula is C18H22N6O4. The lowest BCUT2D eigenvalue weighted by atomic mass is 10.2. The minimum Gasteiger partial charge on any atom is -0.359 e. The van der Waals surface area contributed by atoms with E-state index in [9.17, 15) is 9.59 Å². The van der Waals surface area contributed by atoms with Crippen LogP contribution in [0.25, 0.3) is 0 Å². The maximum atomic E-state index is 12.7. The van der Waals surface area contributed by atoms with Crippen LogP contribution < -0.4 is 10.6 Å². The second kappa shape index (κ2) is 7.67. The Labute approximate surface area is 161 Å². The molecule has 0 fully saturated rings. The van der Waals surface area contributed by atoms with Crippen LogP contribution >= 0.6 is 0 Å². The fourth-order valence-corrected chi connectivity index (χ4v) is 2.83. The molecule has 0 aromatic carbocycles. The quantitative estimate of drug-likeness (QED) is 0.666. The van der Waals surface area contributed by atoms with E-state index in [0.717, 1.165) is 0 Å². The minimum absolute atomic E-state index is 0.184. The zero-order chi connectivity index (χ0) is 20.4. The number of carbonyl (C=O) groups excluding carboxylic acids is 2. The molecule has 28 heavy (non-hydrogen) atoms. The molecule has 0 aliphatic carbocycles. The summed E-state index contributed by atoms with van der Waals surface area (Å²) in [4.78, 5) is 25.2. The van der Waals surface area contributed by atoms with Gasteiger partial charge in [0.2, 0.25) is 5.91 Å². The van der Waals surface area contributed by atoms with Gasteiger partial charge in [-0.15, -0.1) is 0 Å². The van der Waals surface area contributed by atoms with Crippen LogP contribution in [0.2, 0.25) is 0 Å². The van der Waals surface area contributed by atoms with Crippen molar-refractivity contribution >= 4 is 23.2 Å². The molecule has 0 aliphatic rings. The van der Waals surface area contributed by atoms with Crippen LogP contribution in [0, 0.1) is 27.7 Å². The third kappa shape index (κ3) is 3.66. The molecule has 1 atom stereocenters. The van der Waals surface area contributed by atoms with E-state index in [1.54, 1.807) is 40.0 Å². The molecule has 0 saturated carbocycles. The van der Waals surface area contributed by atoms with Gasteiger partial charge in [0.1, 0.15) is 28.8 Å². The minimum atomic E-state index is -0.589. The van der Waals surface area contributed by atoms with Crippen LogP contribution in [0.15, 0.2) is 21.3 Å². The first-order valence-corrected chi connectivity index (χ1v) is 8.84. The number of amides is 2. The number of rotatable bonds is 6. The van der Waals surface area contributed by atoms with Gasteiger partial charge in [0, 0.05) is 6.20 Å². The number of hydrogen-bond donors (Lipinski definition) is 2. The summed E-state index contributed by atoms with van der Waals surface area (Å²) in [5.41, 5.74) is 2.43. The molecule has 3 rings (SSSR count). The molecule has 2 amide bonds. The Balaban J connectivity index is 1.75. The predicted molar refractivity (Wildman–Crippen MR) is 100 cm³/mol. The largest absolute Gasteiger partial charge is 0.359 e. The van der Waals surface area contributed by atoms with Crippen LogP contribution in [0.3, 0.4) is 0 Å². The average Bonchev–Trinajstić information content (AvgIpc) is 3.34. The molecule has 1 unspecified atom stereocenters. The van der Waals surface area contributed by atoms with Crippen molar-refractivity contribution in [2.45, 2.75) is 47.1 Å². The predicted octanol–water partition coefficient (Wildman–Crippen LogP) is 2.93. The van der Waals surface area contributed by atoms with Gasteiger partial charge in [-0.25, -0.2) is 0 Å². The van der Waals surface area contributed by atoms with E-state index in [4.69, 9.17) is 9.05 Å². The Hall–Kier alpha value is -3.43. The lowest BCUT2D eigenvalue weighted by molar-refractivity contribution is -0.119. The van der Waals surface area contributed by atoms with E-state index in [0.29, 0.717) is 40.7 Å². The van der Waals surface area contributed by atoms with Crippen molar-refractivity contribution in [1.82, 2.24) is 20.1 Å². The zero-order valence-corrected chi connectivity index (χ0v) is 16.4. The van der Waals surface area contributed by atoms with E-state index < -0.39 is 11.9 Å². The Morgan fingerprint density at radius 3 is 2.11 bits per heavy atom. The molecule has 0 bridgehead atoms. The number of carbonyl (C=O) groups is 2. The van der Waals surface area contributed by atoms with Crippen molar-refractivity contribution in [2.75, 3.05) is 10.6 Å². The van der Waals surface area contributed by atoms with Crippen molar-refractivity contribution in [2.24, 2.45) is 0 Å². The van der Waals surface area contributed by atoms with Crippen molar-refractivity contribution in [3.63, 3.8) is 0 Å². The van der Waals surface area contributed by atoms with Gasteiger partial charge in [-0.05, 0) is 40.2 Å². The van der Waals surface area contributed by atoms with Gasteiger partial charge in [0.15, 0.2) is 17.2 Å². The zero-order valence-electron chi connectivity index (χ0n) is 16.4. The molecule has 0 radical (unpaired) electrons. The first kappa shape index (κ1) is 19.3. The molecule has 2 N–H and O–H groups in total. The summed E-state index contributed by atoms with van der Waals surface area (Å²) >= 11 is 0. The maximum Gasteiger partial charge on any atom is 0.276 e. The monoisotopic (exact) mass is 386 g/mol. The highest BCUT2D eigenvalue weighted by atomic mass is 16.5. The van der Waals surface area contributed by atoms with E-state index in [1.807, 2.05) is 6.92 Å². The first-order valence-electron chi connectivity index (χ1n) is 8.84. The lowest BCUT2D eigenvalue weighted by Crippen LogP contribution is -2.27. The molecule has 3 heterocycles. The topological polar surface area (TPSA) is 128 Å². The Kier molecular flexibility index (Phi) is 5.30. The number of aryl methyl sites for hydroxylation is 4. The third-order valence-electron chi connectivity index (χ3n) is 4.40. The fraction of sp³-hybridized carbons (Fsp3) is 0.389. The summed E-state index contributed by atoms with van der Waals surface area (Å²) in [6.45, 7) is 8.78. The highest BCUT2D eigenvalue weighted by molar-refractivity contribution is 6.03. The molecule has 148 valence electrons. The van der Waals surface area contributed by atoms with E-state index >= 15 is 0 Å². The number of nitrogens with zero attached hydrogens (tertiary/aromatic N) is 4. The Morgan fingerprint density at radius 1 is 1.04 bits per heavy atom. The third-order valence-corrected chi connectivity index (χ3v) is 4.40. The van der Waals surface area contributed by atoms with E-state index in [1.165, 1.54) is 4.68 Å². The van der Waals surface area contributed by atoms with Gasteiger partial charge in [0.05, 0.1) is 0 Å². The maximum absolute atomic E-state index is 12.7. The molecule has 3 aromatic heterocycles. The Bertz CT molecular complexity index is 976. The van der Waals surface area contributed by atoms with E-state index in [-0.39, 0.29) is 11.6 Å².